The molecule has 0 bridgehead atoms. The lowest BCUT2D eigenvalue weighted by Crippen LogP contribution is -2.33. The molecular formula is C20H26ClN3O3S. The molecule has 2 aromatic rings. The summed E-state index contributed by atoms with van der Waals surface area (Å²) in [4.78, 5) is 14.8. The number of halogens is 1. The summed E-state index contributed by atoms with van der Waals surface area (Å²) in [5.74, 6) is 0.170. The molecule has 0 radical (unpaired) electrons. The molecule has 6 nitrogen and oxygen atoms in total. The summed E-state index contributed by atoms with van der Waals surface area (Å²) in [6.45, 7) is 2.14. The predicted molar refractivity (Wildman–Crippen MR) is 114 cm³/mol. The van der Waals surface area contributed by atoms with Crippen molar-refractivity contribution in [2.24, 2.45) is 5.92 Å². The zero-order valence-corrected chi connectivity index (χ0v) is 17.7. The van der Waals surface area contributed by atoms with E-state index in [0.717, 1.165) is 13.0 Å². The number of carbonyl (C=O) groups excluding carboxylic acids is 1. The van der Waals surface area contributed by atoms with Crippen LogP contribution in [0.25, 0.3) is 0 Å². The van der Waals surface area contributed by atoms with Crippen LogP contribution in [-0.2, 0) is 10.0 Å². The molecule has 0 aliphatic carbocycles. The third-order valence-electron chi connectivity index (χ3n) is 4.94. The van der Waals surface area contributed by atoms with Gasteiger partial charge in [0.25, 0.3) is 15.9 Å². The number of likely N-dealkylation sites (tertiary alicyclic amines) is 1. The molecule has 152 valence electrons. The van der Waals surface area contributed by atoms with Crippen LogP contribution in [0.5, 0.6) is 0 Å². The van der Waals surface area contributed by atoms with Gasteiger partial charge in [0.2, 0.25) is 0 Å². The van der Waals surface area contributed by atoms with Gasteiger partial charge < -0.3 is 10.2 Å². The minimum absolute atomic E-state index is 0. The number of benzene rings is 2. The first kappa shape index (κ1) is 22.2. The third kappa shape index (κ3) is 4.48. The zero-order valence-electron chi connectivity index (χ0n) is 16.0. The summed E-state index contributed by atoms with van der Waals surface area (Å²) in [5.41, 5.74) is 0.778. The van der Waals surface area contributed by atoms with Crippen LogP contribution in [0.4, 0.5) is 5.69 Å². The maximum Gasteiger partial charge on any atom is 0.264 e. The number of nitrogens with zero attached hydrogens (tertiary/aromatic N) is 2. The summed E-state index contributed by atoms with van der Waals surface area (Å²) in [7, 11) is -0.448. The predicted octanol–water partition coefficient (Wildman–Crippen LogP) is 2.62. The molecule has 0 aromatic heterocycles. The first-order valence-electron chi connectivity index (χ1n) is 9.02. The fraction of sp³-hybridized carbons (Fsp3) is 0.350. The number of para-hydroxylation sites is 1. The number of hydrogen-bond donors (Lipinski definition) is 1. The molecular weight excluding hydrogens is 398 g/mol. The van der Waals surface area contributed by atoms with E-state index in [9.17, 15) is 13.2 Å². The van der Waals surface area contributed by atoms with Crippen LogP contribution in [0.2, 0.25) is 0 Å². The number of sulfonamides is 1. The normalized spacial score (nSPS) is 16.5. The fourth-order valence-electron chi connectivity index (χ4n) is 3.44. The Hall–Kier alpha value is -2.09. The maximum atomic E-state index is 13.2. The SMILES string of the molecule is CNCC1CCN(C(=O)c2ccccc2S(=O)(=O)N(C)c2ccccc2)C1.Cl. The molecule has 8 heteroatoms. The molecule has 1 amide bonds. The first-order valence-corrected chi connectivity index (χ1v) is 10.5. The van der Waals surface area contributed by atoms with Crippen molar-refractivity contribution in [1.82, 2.24) is 10.2 Å². The molecule has 1 fully saturated rings. The monoisotopic (exact) mass is 423 g/mol. The molecule has 3 rings (SSSR count). The van der Waals surface area contributed by atoms with Gasteiger partial charge in [-0.15, -0.1) is 12.4 Å². The molecule has 1 N–H and O–H groups in total. The van der Waals surface area contributed by atoms with Gasteiger partial charge in [0.05, 0.1) is 11.3 Å². The van der Waals surface area contributed by atoms with Gasteiger partial charge in [-0.2, -0.15) is 0 Å². The Balaban J connectivity index is 0.00000280. The smallest absolute Gasteiger partial charge is 0.264 e. The third-order valence-corrected chi connectivity index (χ3v) is 6.79. The average molecular weight is 424 g/mol. The van der Waals surface area contributed by atoms with Gasteiger partial charge in [-0.25, -0.2) is 8.42 Å². The lowest BCUT2D eigenvalue weighted by molar-refractivity contribution is 0.0783. The second-order valence-electron chi connectivity index (χ2n) is 6.77. The van der Waals surface area contributed by atoms with E-state index in [1.54, 1.807) is 47.4 Å². The Morgan fingerprint density at radius 2 is 1.79 bits per heavy atom. The van der Waals surface area contributed by atoms with E-state index in [2.05, 4.69) is 5.32 Å². The van der Waals surface area contributed by atoms with Gasteiger partial charge in [0.15, 0.2) is 0 Å². The van der Waals surface area contributed by atoms with Crippen LogP contribution >= 0.6 is 12.4 Å². The van der Waals surface area contributed by atoms with Gasteiger partial charge in [0.1, 0.15) is 4.90 Å². The molecule has 28 heavy (non-hydrogen) atoms. The Morgan fingerprint density at radius 3 is 2.46 bits per heavy atom. The largest absolute Gasteiger partial charge is 0.338 e. The van der Waals surface area contributed by atoms with Crippen molar-refractivity contribution in [2.75, 3.05) is 38.0 Å². The van der Waals surface area contributed by atoms with Gasteiger partial charge in [0, 0.05) is 20.1 Å². The van der Waals surface area contributed by atoms with Crippen LogP contribution in [0.3, 0.4) is 0 Å². The fourth-order valence-corrected chi connectivity index (χ4v) is 4.81. The van der Waals surface area contributed by atoms with Crippen molar-refractivity contribution >= 4 is 34.0 Å². The van der Waals surface area contributed by atoms with E-state index < -0.39 is 10.0 Å². The highest BCUT2D eigenvalue weighted by molar-refractivity contribution is 7.92. The number of anilines is 1. The van der Waals surface area contributed by atoms with E-state index in [0.29, 0.717) is 24.7 Å². The molecule has 1 unspecified atom stereocenters. The second-order valence-corrected chi connectivity index (χ2v) is 8.71. The lowest BCUT2D eigenvalue weighted by Gasteiger charge is -2.23. The molecule has 0 spiro atoms. The zero-order chi connectivity index (χ0) is 19.4. The second kappa shape index (κ2) is 9.41. The number of rotatable bonds is 6. The van der Waals surface area contributed by atoms with E-state index in [4.69, 9.17) is 0 Å². The van der Waals surface area contributed by atoms with Gasteiger partial charge in [-0.1, -0.05) is 30.3 Å². The highest BCUT2D eigenvalue weighted by atomic mass is 35.5. The summed E-state index contributed by atoms with van der Waals surface area (Å²) in [5, 5.41) is 3.14. The van der Waals surface area contributed by atoms with E-state index in [-0.39, 0.29) is 28.8 Å². The minimum atomic E-state index is -3.85. The minimum Gasteiger partial charge on any atom is -0.338 e. The maximum absolute atomic E-state index is 13.2. The van der Waals surface area contributed by atoms with E-state index in [1.165, 1.54) is 17.4 Å². The topological polar surface area (TPSA) is 69.7 Å². The van der Waals surface area contributed by atoms with E-state index in [1.807, 2.05) is 13.1 Å². The Bertz CT molecular complexity index is 906. The van der Waals surface area contributed by atoms with Crippen molar-refractivity contribution in [3.63, 3.8) is 0 Å². The van der Waals surface area contributed by atoms with Crippen LogP contribution in [0, 0.1) is 5.92 Å². The van der Waals surface area contributed by atoms with Gasteiger partial charge in [-0.05, 0) is 50.2 Å². The van der Waals surface area contributed by atoms with Gasteiger partial charge >= 0.3 is 0 Å². The summed E-state index contributed by atoms with van der Waals surface area (Å²) in [6, 6.07) is 15.3. The Morgan fingerprint density at radius 1 is 1.14 bits per heavy atom. The number of amides is 1. The quantitative estimate of drug-likeness (QED) is 0.775. The average Bonchev–Trinajstić information content (AvgIpc) is 3.16. The molecule has 1 aliphatic rings. The summed E-state index contributed by atoms with van der Waals surface area (Å²) >= 11 is 0. The van der Waals surface area contributed by atoms with Crippen LogP contribution in [0.15, 0.2) is 59.5 Å². The Kier molecular flexibility index (Phi) is 7.46. The summed E-state index contributed by atoms with van der Waals surface area (Å²) in [6.07, 6.45) is 0.922. The van der Waals surface area contributed by atoms with Crippen molar-refractivity contribution < 1.29 is 13.2 Å². The number of nitrogens with one attached hydrogen (secondary N) is 1. The molecule has 2 aromatic carbocycles. The van der Waals surface area contributed by atoms with Crippen LogP contribution in [0.1, 0.15) is 16.8 Å². The first-order chi connectivity index (χ1) is 12.9. The van der Waals surface area contributed by atoms with E-state index >= 15 is 0 Å². The molecule has 1 aliphatic heterocycles. The molecule has 1 atom stereocenters. The molecule has 0 saturated carbocycles. The van der Waals surface area contributed by atoms with Crippen molar-refractivity contribution in [3.05, 3.63) is 60.2 Å². The standard InChI is InChI=1S/C20H25N3O3S.ClH/c1-21-14-16-12-13-23(15-16)20(24)18-10-6-7-11-19(18)27(25,26)22(2)17-8-4-3-5-9-17;/h3-11,16,21H,12-15H2,1-2H3;1H. The number of hydrogen-bond acceptors (Lipinski definition) is 4. The molecule has 1 heterocycles. The van der Waals surface area contributed by atoms with Crippen molar-refractivity contribution in [2.45, 2.75) is 11.3 Å². The summed E-state index contributed by atoms with van der Waals surface area (Å²) < 4.78 is 27.6. The van der Waals surface area contributed by atoms with Crippen molar-refractivity contribution in [3.8, 4) is 0 Å². The van der Waals surface area contributed by atoms with Crippen LogP contribution in [-0.4, -0.2) is 53.0 Å². The molecule has 1 saturated heterocycles. The number of carbonyl (C=O) groups is 1. The highest BCUT2D eigenvalue weighted by Crippen LogP contribution is 2.26. The highest BCUT2D eigenvalue weighted by Gasteiger charge is 2.31. The lowest BCUT2D eigenvalue weighted by atomic mass is 10.1. The van der Waals surface area contributed by atoms with Gasteiger partial charge in [-0.3, -0.25) is 9.10 Å². The Labute approximate surface area is 173 Å². The van der Waals surface area contributed by atoms with Crippen LogP contribution < -0.4 is 9.62 Å². The van der Waals surface area contributed by atoms with Crippen molar-refractivity contribution in [1.29, 1.82) is 0 Å².